The van der Waals surface area contributed by atoms with Crippen LogP contribution in [0.15, 0.2) is 12.2 Å². The fourth-order valence-electron chi connectivity index (χ4n) is 1.60. The summed E-state index contributed by atoms with van der Waals surface area (Å²) in [6, 6.07) is 0. The predicted molar refractivity (Wildman–Crippen MR) is 71.4 cm³/mol. The van der Waals surface area contributed by atoms with Gasteiger partial charge in [-0.1, -0.05) is 34.7 Å². The van der Waals surface area contributed by atoms with Gasteiger partial charge in [-0.3, -0.25) is 0 Å². The third-order valence-electron chi connectivity index (χ3n) is 2.46. The van der Waals surface area contributed by atoms with Crippen LogP contribution >= 0.6 is 22.6 Å². The molecule has 0 aliphatic carbocycles. The van der Waals surface area contributed by atoms with Crippen LogP contribution in [0.5, 0.6) is 0 Å². The number of rotatable bonds is 7. The van der Waals surface area contributed by atoms with Gasteiger partial charge >= 0.3 is 0 Å². The molecule has 15 heavy (non-hydrogen) atoms. The Morgan fingerprint density at radius 3 is 2.93 bits per heavy atom. The molecule has 0 saturated carbocycles. The lowest BCUT2D eigenvalue weighted by atomic mass is 10.2. The number of halogens is 1. The van der Waals surface area contributed by atoms with Gasteiger partial charge in [0.1, 0.15) is 0 Å². The van der Waals surface area contributed by atoms with Gasteiger partial charge < -0.3 is 9.47 Å². The molecule has 1 aliphatic rings. The zero-order valence-electron chi connectivity index (χ0n) is 9.29. The largest absolute Gasteiger partial charge is 0.353 e. The van der Waals surface area contributed by atoms with Gasteiger partial charge in [-0.15, -0.1) is 0 Å². The topological polar surface area (TPSA) is 18.5 Å². The van der Waals surface area contributed by atoms with Gasteiger partial charge in [0.2, 0.25) is 0 Å². The standard InChI is InChI=1S/C12H21IO2/c13-9-5-2-1-3-6-10-14-12-8-4-7-11-15-12/h2,5,12H,1,3-4,6-11H2/b5-2-. The highest BCUT2D eigenvalue weighted by molar-refractivity contribution is 14.1. The fraction of sp³-hybridized carbons (Fsp3) is 0.833. The first-order chi connectivity index (χ1) is 7.43. The van der Waals surface area contributed by atoms with E-state index in [0.29, 0.717) is 0 Å². The van der Waals surface area contributed by atoms with Crippen LogP contribution in [0.4, 0.5) is 0 Å². The van der Waals surface area contributed by atoms with Crippen molar-refractivity contribution in [1.29, 1.82) is 0 Å². The summed E-state index contributed by atoms with van der Waals surface area (Å²) in [5.41, 5.74) is 0. The molecule has 0 spiro atoms. The van der Waals surface area contributed by atoms with Crippen LogP contribution in [0.25, 0.3) is 0 Å². The van der Waals surface area contributed by atoms with Crippen molar-refractivity contribution in [2.24, 2.45) is 0 Å². The highest BCUT2D eigenvalue weighted by Gasteiger charge is 2.12. The smallest absolute Gasteiger partial charge is 0.157 e. The van der Waals surface area contributed by atoms with E-state index in [0.717, 1.165) is 30.5 Å². The average molecular weight is 324 g/mol. The summed E-state index contributed by atoms with van der Waals surface area (Å²) in [6.45, 7) is 1.73. The van der Waals surface area contributed by atoms with Crippen LogP contribution in [-0.4, -0.2) is 23.9 Å². The van der Waals surface area contributed by atoms with E-state index in [1.807, 2.05) is 0 Å². The second kappa shape index (κ2) is 9.60. The van der Waals surface area contributed by atoms with E-state index in [-0.39, 0.29) is 6.29 Å². The fourth-order valence-corrected chi connectivity index (χ4v) is 1.96. The van der Waals surface area contributed by atoms with Gasteiger partial charge in [0.25, 0.3) is 0 Å². The lowest BCUT2D eigenvalue weighted by Gasteiger charge is -2.22. The highest BCUT2D eigenvalue weighted by atomic mass is 127. The number of hydrogen-bond donors (Lipinski definition) is 0. The Hall–Kier alpha value is 0.390. The summed E-state index contributed by atoms with van der Waals surface area (Å²) in [6.07, 6.45) is 11.6. The third kappa shape index (κ3) is 7.30. The Kier molecular flexibility index (Phi) is 8.62. The summed E-state index contributed by atoms with van der Waals surface area (Å²) >= 11 is 2.36. The first kappa shape index (κ1) is 13.5. The number of unbranched alkanes of at least 4 members (excludes halogenated alkanes) is 2. The maximum absolute atomic E-state index is 5.64. The molecule has 1 fully saturated rings. The first-order valence-electron chi connectivity index (χ1n) is 5.87. The molecule has 88 valence electrons. The Bertz CT molecular complexity index is 165. The summed E-state index contributed by atoms with van der Waals surface area (Å²) in [5, 5.41) is 0. The maximum Gasteiger partial charge on any atom is 0.157 e. The van der Waals surface area contributed by atoms with Gasteiger partial charge in [0.15, 0.2) is 6.29 Å². The monoisotopic (exact) mass is 324 g/mol. The van der Waals surface area contributed by atoms with Crippen LogP contribution in [0.2, 0.25) is 0 Å². The predicted octanol–water partition coefficient (Wildman–Crippen LogP) is 3.69. The quantitative estimate of drug-likeness (QED) is 0.308. The molecule has 1 unspecified atom stereocenters. The first-order valence-corrected chi connectivity index (χ1v) is 7.40. The Balaban J connectivity index is 1.85. The molecule has 1 saturated heterocycles. The Labute approximate surface area is 107 Å². The maximum atomic E-state index is 5.64. The molecule has 0 N–H and O–H groups in total. The second-order valence-corrected chi connectivity index (χ2v) is 4.67. The molecule has 0 bridgehead atoms. The van der Waals surface area contributed by atoms with Crippen molar-refractivity contribution in [3.8, 4) is 0 Å². The lowest BCUT2D eigenvalue weighted by molar-refractivity contribution is -0.162. The minimum atomic E-state index is 0.0867. The van der Waals surface area contributed by atoms with Crippen LogP contribution in [0, 0.1) is 0 Å². The molecule has 1 heterocycles. The molecule has 0 aromatic rings. The number of hydrogen-bond acceptors (Lipinski definition) is 2. The molecule has 0 radical (unpaired) electrons. The third-order valence-corrected chi connectivity index (χ3v) is 2.97. The molecule has 1 atom stereocenters. The SMILES string of the molecule is IC/C=C\CCCCOC1CCCCO1. The number of alkyl halides is 1. The normalized spacial score (nSPS) is 22.3. The molecule has 2 nitrogen and oxygen atoms in total. The number of ether oxygens (including phenoxy) is 2. The minimum Gasteiger partial charge on any atom is -0.353 e. The number of allylic oxidation sites excluding steroid dienone is 2. The van der Waals surface area contributed by atoms with Crippen molar-refractivity contribution >= 4 is 22.6 Å². The van der Waals surface area contributed by atoms with Crippen molar-refractivity contribution < 1.29 is 9.47 Å². The average Bonchev–Trinajstić information content (AvgIpc) is 2.29. The minimum absolute atomic E-state index is 0.0867. The molecular weight excluding hydrogens is 303 g/mol. The van der Waals surface area contributed by atoms with Crippen LogP contribution in [-0.2, 0) is 9.47 Å². The van der Waals surface area contributed by atoms with Crippen LogP contribution in [0.1, 0.15) is 38.5 Å². The van der Waals surface area contributed by atoms with Gasteiger partial charge in [0, 0.05) is 17.6 Å². The van der Waals surface area contributed by atoms with E-state index >= 15 is 0 Å². The van der Waals surface area contributed by atoms with E-state index in [1.165, 1.54) is 25.7 Å². The van der Waals surface area contributed by atoms with Crippen LogP contribution < -0.4 is 0 Å². The highest BCUT2D eigenvalue weighted by Crippen LogP contribution is 2.14. The summed E-state index contributed by atoms with van der Waals surface area (Å²) in [5.74, 6) is 0. The summed E-state index contributed by atoms with van der Waals surface area (Å²) in [7, 11) is 0. The molecular formula is C12H21IO2. The van der Waals surface area contributed by atoms with Crippen molar-refractivity contribution in [3.63, 3.8) is 0 Å². The Morgan fingerprint density at radius 1 is 1.27 bits per heavy atom. The molecule has 1 aliphatic heterocycles. The van der Waals surface area contributed by atoms with Crippen molar-refractivity contribution in [1.82, 2.24) is 0 Å². The van der Waals surface area contributed by atoms with Crippen molar-refractivity contribution in [2.75, 3.05) is 17.6 Å². The molecule has 3 heteroatoms. The van der Waals surface area contributed by atoms with Crippen molar-refractivity contribution in [2.45, 2.75) is 44.8 Å². The molecule has 0 amide bonds. The van der Waals surface area contributed by atoms with Gasteiger partial charge in [-0.05, 0) is 38.5 Å². The second-order valence-electron chi connectivity index (χ2n) is 3.79. The molecule has 0 aromatic carbocycles. The van der Waals surface area contributed by atoms with E-state index < -0.39 is 0 Å². The van der Waals surface area contributed by atoms with Gasteiger partial charge in [-0.2, -0.15) is 0 Å². The van der Waals surface area contributed by atoms with Gasteiger partial charge in [0.05, 0.1) is 0 Å². The molecule has 1 rings (SSSR count). The zero-order valence-corrected chi connectivity index (χ0v) is 11.4. The summed E-state index contributed by atoms with van der Waals surface area (Å²) < 4.78 is 12.2. The van der Waals surface area contributed by atoms with Crippen LogP contribution in [0.3, 0.4) is 0 Å². The molecule has 0 aromatic heterocycles. The zero-order chi connectivity index (χ0) is 10.8. The lowest BCUT2D eigenvalue weighted by Crippen LogP contribution is -2.22. The van der Waals surface area contributed by atoms with Gasteiger partial charge in [-0.25, -0.2) is 0 Å². The Morgan fingerprint density at radius 2 is 2.20 bits per heavy atom. The van der Waals surface area contributed by atoms with Crippen molar-refractivity contribution in [3.05, 3.63) is 12.2 Å². The van der Waals surface area contributed by atoms with E-state index in [9.17, 15) is 0 Å². The summed E-state index contributed by atoms with van der Waals surface area (Å²) in [4.78, 5) is 0. The van der Waals surface area contributed by atoms with E-state index in [1.54, 1.807) is 0 Å². The van der Waals surface area contributed by atoms with E-state index in [2.05, 4.69) is 34.7 Å². The van der Waals surface area contributed by atoms with E-state index in [4.69, 9.17) is 9.47 Å².